The lowest BCUT2D eigenvalue weighted by Gasteiger charge is -2.28. The van der Waals surface area contributed by atoms with Crippen LogP contribution in [-0.2, 0) is 16.0 Å². The van der Waals surface area contributed by atoms with E-state index in [4.69, 9.17) is 9.47 Å². The summed E-state index contributed by atoms with van der Waals surface area (Å²) >= 11 is 0. The third-order valence-electron chi connectivity index (χ3n) is 4.14. The fraction of sp³-hybridized carbons (Fsp3) is 0.333. The lowest BCUT2D eigenvalue weighted by molar-refractivity contribution is -0.125. The van der Waals surface area contributed by atoms with Crippen LogP contribution in [0, 0.1) is 0 Å². The predicted molar refractivity (Wildman–Crippen MR) is 103 cm³/mol. The van der Waals surface area contributed by atoms with Crippen molar-refractivity contribution in [3.05, 3.63) is 54.1 Å². The molecule has 0 aliphatic carbocycles. The molecule has 1 heterocycles. The normalized spacial score (nSPS) is 13.1. The first kappa shape index (κ1) is 18.8. The zero-order chi connectivity index (χ0) is 19.2. The number of nitrogens with one attached hydrogen (secondary N) is 1. The quantitative estimate of drug-likeness (QED) is 0.816. The van der Waals surface area contributed by atoms with Crippen LogP contribution >= 0.6 is 0 Å². The van der Waals surface area contributed by atoms with Gasteiger partial charge < -0.3 is 14.8 Å². The number of fused-ring (bicyclic) bond motifs is 1. The highest BCUT2D eigenvalue weighted by Crippen LogP contribution is 2.31. The van der Waals surface area contributed by atoms with E-state index in [-0.39, 0.29) is 31.1 Å². The minimum absolute atomic E-state index is 0.0135. The Morgan fingerprint density at radius 2 is 1.93 bits per heavy atom. The van der Waals surface area contributed by atoms with Crippen molar-refractivity contribution in [2.45, 2.75) is 26.4 Å². The molecule has 1 N–H and O–H groups in total. The highest BCUT2D eigenvalue weighted by molar-refractivity contribution is 6.02. The molecule has 0 saturated carbocycles. The number of ether oxygens (including phenoxy) is 2. The van der Waals surface area contributed by atoms with Gasteiger partial charge in [0.1, 0.15) is 18.0 Å². The molecule has 27 heavy (non-hydrogen) atoms. The minimum atomic E-state index is -0.218. The number of nitrogens with zero attached hydrogens (tertiary/aromatic N) is 1. The second-order valence-corrected chi connectivity index (χ2v) is 6.65. The summed E-state index contributed by atoms with van der Waals surface area (Å²) in [6.45, 7) is 4.42. The van der Waals surface area contributed by atoms with Gasteiger partial charge in [0.05, 0.1) is 11.8 Å². The monoisotopic (exact) mass is 368 g/mol. The molecule has 142 valence electrons. The van der Waals surface area contributed by atoms with E-state index in [1.807, 2.05) is 50.2 Å². The van der Waals surface area contributed by atoms with Gasteiger partial charge in [0.2, 0.25) is 5.91 Å². The summed E-state index contributed by atoms with van der Waals surface area (Å²) in [5.74, 6) is 1.04. The van der Waals surface area contributed by atoms with Gasteiger partial charge in [-0.1, -0.05) is 24.3 Å². The highest BCUT2D eigenvalue weighted by atomic mass is 16.5. The van der Waals surface area contributed by atoms with Gasteiger partial charge in [0, 0.05) is 6.54 Å². The molecule has 0 radical (unpaired) electrons. The van der Waals surface area contributed by atoms with Crippen molar-refractivity contribution >= 4 is 17.5 Å². The molecule has 0 aromatic heterocycles. The van der Waals surface area contributed by atoms with Gasteiger partial charge in [-0.2, -0.15) is 0 Å². The first-order valence-electron chi connectivity index (χ1n) is 9.07. The third kappa shape index (κ3) is 5.00. The molecule has 0 unspecified atom stereocenters. The Kier molecular flexibility index (Phi) is 5.96. The third-order valence-corrected chi connectivity index (χ3v) is 4.14. The molecule has 6 heteroatoms. The Morgan fingerprint density at radius 1 is 1.19 bits per heavy atom. The van der Waals surface area contributed by atoms with Gasteiger partial charge in [-0.15, -0.1) is 0 Å². The standard InChI is InChI=1S/C21H24N2O4/c1-15(2)27-17-9-7-16(8-10-17)11-12-22-20(24)13-23-18-5-3-4-6-19(18)26-14-21(23)25/h3-10,15H,11-14H2,1-2H3,(H,22,24). The second kappa shape index (κ2) is 8.58. The number of para-hydroxylation sites is 2. The van der Waals surface area contributed by atoms with Crippen molar-refractivity contribution in [1.82, 2.24) is 5.32 Å². The van der Waals surface area contributed by atoms with Crippen LogP contribution in [0.25, 0.3) is 0 Å². The van der Waals surface area contributed by atoms with Crippen LogP contribution in [0.5, 0.6) is 11.5 Å². The minimum Gasteiger partial charge on any atom is -0.491 e. The van der Waals surface area contributed by atoms with Gasteiger partial charge in [0.25, 0.3) is 5.91 Å². The predicted octanol–water partition coefficient (Wildman–Crippen LogP) is 2.56. The van der Waals surface area contributed by atoms with Crippen molar-refractivity contribution in [3.63, 3.8) is 0 Å². The Bertz CT molecular complexity index is 802. The van der Waals surface area contributed by atoms with E-state index in [1.54, 1.807) is 12.1 Å². The Hall–Kier alpha value is -3.02. The number of amides is 2. The maximum absolute atomic E-state index is 12.3. The van der Waals surface area contributed by atoms with Gasteiger partial charge in [0.15, 0.2) is 6.61 Å². The van der Waals surface area contributed by atoms with Crippen LogP contribution in [0.15, 0.2) is 48.5 Å². The summed E-state index contributed by atoms with van der Waals surface area (Å²) in [6.07, 6.45) is 0.851. The number of carbonyl (C=O) groups is 2. The molecule has 0 fully saturated rings. The summed E-state index contributed by atoms with van der Waals surface area (Å²) in [4.78, 5) is 25.8. The molecule has 2 aromatic carbocycles. The van der Waals surface area contributed by atoms with Crippen LogP contribution < -0.4 is 19.7 Å². The molecule has 0 atom stereocenters. The molecule has 0 saturated heterocycles. The molecule has 6 nitrogen and oxygen atoms in total. The zero-order valence-electron chi connectivity index (χ0n) is 15.6. The van der Waals surface area contributed by atoms with Crippen LogP contribution in [0.1, 0.15) is 19.4 Å². The summed E-state index contributed by atoms with van der Waals surface area (Å²) < 4.78 is 11.0. The number of hydrogen-bond acceptors (Lipinski definition) is 4. The molecular weight excluding hydrogens is 344 g/mol. The first-order valence-corrected chi connectivity index (χ1v) is 9.07. The molecule has 2 amide bonds. The SMILES string of the molecule is CC(C)Oc1ccc(CCNC(=O)CN2C(=O)COc3ccccc32)cc1. The number of anilines is 1. The van der Waals surface area contributed by atoms with E-state index in [1.165, 1.54) is 4.90 Å². The Labute approximate surface area is 159 Å². The van der Waals surface area contributed by atoms with E-state index in [2.05, 4.69) is 5.32 Å². The van der Waals surface area contributed by atoms with Crippen molar-refractivity contribution < 1.29 is 19.1 Å². The summed E-state index contributed by atoms with van der Waals surface area (Å²) in [5, 5.41) is 2.87. The molecular formula is C21H24N2O4. The van der Waals surface area contributed by atoms with E-state index in [0.717, 1.165) is 11.3 Å². The van der Waals surface area contributed by atoms with Crippen LogP contribution in [0.4, 0.5) is 5.69 Å². The highest BCUT2D eigenvalue weighted by Gasteiger charge is 2.26. The number of benzene rings is 2. The van der Waals surface area contributed by atoms with Crippen molar-refractivity contribution in [2.75, 3.05) is 24.6 Å². The smallest absolute Gasteiger partial charge is 0.265 e. The molecule has 0 bridgehead atoms. The van der Waals surface area contributed by atoms with E-state index in [9.17, 15) is 9.59 Å². The largest absolute Gasteiger partial charge is 0.491 e. The molecule has 0 spiro atoms. The maximum Gasteiger partial charge on any atom is 0.265 e. The van der Waals surface area contributed by atoms with Crippen molar-refractivity contribution in [3.8, 4) is 11.5 Å². The Morgan fingerprint density at radius 3 is 2.67 bits per heavy atom. The van der Waals surface area contributed by atoms with E-state index >= 15 is 0 Å². The average Bonchev–Trinajstić information content (AvgIpc) is 2.65. The zero-order valence-corrected chi connectivity index (χ0v) is 15.6. The maximum atomic E-state index is 12.3. The molecule has 1 aliphatic heterocycles. The first-order chi connectivity index (χ1) is 13.0. The summed E-state index contributed by atoms with van der Waals surface area (Å²) in [6, 6.07) is 15.1. The average molecular weight is 368 g/mol. The topological polar surface area (TPSA) is 67.9 Å². The number of hydrogen-bond donors (Lipinski definition) is 1. The molecule has 3 rings (SSSR count). The Balaban J connectivity index is 1.49. The second-order valence-electron chi connectivity index (χ2n) is 6.65. The number of rotatable bonds is 7. The summed E-state index contributed by atoms with van der Waals surface area (Å²) in [7, 11) is 0. The fourth-order valence-electron chi connectivity index (χ4n) is 2.88. The van der Waals surface area contributed by atoms with Crippen LogP contribution in [-0.4, -0.2) is 37.6 Å². The molecule has 1 aliphatic rings. The lowest BCUT2D eigenvalue weighted by atomic mass is 10.1. The van der Waals surface area contributed by atoms with Crippen molar-refractivity contribution in [2.24, 2.45) is 0 Å². The molecule has 2 aromatic rings. The van der Waals surface area contributed by atoms with E-state index in [0.29, 0.717) is 24.4 Å². The van der Waals surface area contributed by atoms with Gasteiger partial charge >= 0.3 is 0 Å². The van der Waals surface area contributed by atoms with Gasteiger partial charge in [-0.3, -0.25) is 14.5 Å². The lowest BCUT2D eigenvalue weighted by Crippen LogP contribution is -2.45. The van der Waals surface area contributed by atoms with Crippen LogP contribution in [0.2, 0.25) is 0 Å². The summed E-state index contributed by atoms with van der Waals surface area (Å²) in [5.41, 5.74) is 1.74. The number of carbonyl (C=O) groups excluding carboxylic acids is 2. The van der Waals surface area contributed by atoms with Gasteiger partial charge in [-0.05, 0) is 50.1 Å². The van der Waals surface area contributed by atoms with E-state index < -0.39 is 0 Å². The van der Waals surface area contributed by atoms with Gasteiger partial charge in [-0.25, -0.2) is 0 Å². The fourth-order valence-corrected chi connectivity index (χ4v) is 2.88. The van der Waals surface area contributed by atoms with Crippen molar-refractivity contribution in [1.29, 1.82) is 0 Å². The van der Waals surface area contributed by atoms with Crippen LogP contribution in [0.3, 0.4) is 0 Å².